The number of hydrogen-bond acceptors (Lipinski definition) is 6. The molecule has 1 aliphatic heterocycles. The van der Waals surface area contributed by atoms with E-state index in [9.17, 15) is 5.11 Å². The molecule has 0 spiro atoms. The fourth-order valence-electron chi connectivity index (χ4n) is 3.45. The van der Waals surface area contributed by atoms with Crippen LogP contribution in [0.5, 0.6) is 23.0 Å². The summed E-state index contributed by atoms with van der Waals surface area (Å²) in [7, 11) is 1.60. The monoisotopic (exact) mass is 499 g/mol. The molecule has 0 saturated heterocycles. The largest absolute Gasteiger partial charge is 0.493 e. The summed E-state index contributed by atoms with van der Waals surface area (Å²) in [6, 6.07) is 17.8. The van der Waals surface area contributed by atoms with Crippen molar-refractivity contribution >= 4 is 15.9 Å². The molecule has 0 amide bonds. The highest BCUT2D eigenvalue weighted by Crippen LogP contribution is 2.38. The molecule has 1 heterocycles. The van der Waals surface area contributed by atoms with Gasteiger partial charge in [0.25, 0.3) is 0 Å². The number of benzene rings is 3. The van der Waals surface area contributed by atoms with Crippen LogP contribution < -0.4 is 24.3 Å². The Bertz CT molecular complexity index is 1070. The number of halogens is 1. The molecule has 3 aromatic carbocycles. The van der Waals surface area contributed by atoms with E-state index in [1.165, 1.54) is 11.1 Å². The molecule has 0 aromatic heterocycles. The molecule has 0 fully saturated rings. The number of aryl methyl sites for hydroxylation is 1. The Hall–Kier alpha value is -2.74. The highest BCUT2D eigenvalue weighted by Gasteiger charge is 2.19. The maximum Gasteiger partial charge on any atom is 0.231 e. The third-order valence-electron chi connectivity index (χ3n) is 5.24. The summed E-state index contributed by atoms with van der Waals surface area (Å²) in [4.78, 5) is 0. The van der Waals surface area contributed by atoms with Crippen molar-refractivity contribution in [2.24, 2.45) is 0 Å². The topological polar surface area (TPSA) is 69.2 Å². The van der Waals surface area contributed by atoms with Crippen LogP contribution >= 0.6 is 15.9 Å². The maximum absolute atomic E-state index is 10.6. The highest BCUT2D eigenvalue weighted by atomic mass is 79.9. The van der Waals surface area contributed by atoms with Crippen LogP contribution in [0.3, 0.4) is 0 Å². The minimum Gasteiger partial charge on any atom is -0.493 e. The summed E-state index contributed by atoms with van der Waals surface area (Å²) >= 11 is 3.58. The van der Waals surface area contributed by atoms with Gasteiger partial charge in [0.2, 0.25) is 6.79 Å². The molecule has 0 saturated carbocycles. The number of aliphatic hydroxyl groups is 1. The summed E-state index contributed by atoms with van der Waals surface area (Å²) in [5, 5.41) is 14.0. The summed E-state index contributed by atoms with van der Waals surface area (Å²) in [6.07, 6.45) is -0.822. The van der Waals surface area contributed by atoms with Gasteiger partial charge in [0.1, 0.15) is 12.7 Å². The van der Waals surface area contributed by atoms with Gasteiger partial charge in [-0.2, -0.15) is 0 Å². The zero-order valence-corrected chi connectivity index (χ0v) is 19.6. The van der Waals surface area contributed by atoms with Crippen molar-refractivity contribution in [1.82, 2.24) is 5.32 Å². The second-order valence-corrected chi connectivity index (χ2v) is 8.49. The summed E-state index contributed by atoms with van der Waals surface area (Å²) in [6.45, 7) is 3.81. The van der Waals surface area contributed by atoms with Crippen molar-refractivity contribution in [2.75, 3.05) is 20.5 Å². The number of rotatable bonds is 9. The first kappa shape index (κ1) is 22.5. The predicted molar refractivity (Wildman–Crippen MR) is 125 cm³/mol. The Morgan fingerprint density at radius 1 is 1.00 bits per heavy atom. The molecule has 32 heavy (non-hydrogen) atoms. The second kappa shape index (κ2) is 10.3. The SMILES string of the molecule is COc1cc(CNCc2ccc(C)cc2)cc(Br)c1OCC(O)c1ccc2c(c1)OCO2. The Kier molecular flexibility index (Phi) is 7.19. The van der Waals surface area contributed by atoms with Crippen molar-refractivity contribution in [3.05, 3.63) is 81.3 Å². The number of nitrogens with one attached hydrogen (secondary N) is 1. The van der Waals surface area contributed by atoms with Crippen molar-refractivity contribution < 1.29 is 24.1 Å². The molecule has 0 bridgehead atoms. The Morgan fingerprint density at radius 3 is 2.53 bits per heavy atom. The van der Waals surface area contributed by atoms with E-state index in [4.69, 9.17) is 18.9 Å². The summed E-state index contributed by atoms with van der Waals surface area (Å²) in [5.74, 6) is 2.46. The average molecular weight is 500 g/mol. The van der Waals surface area contributed by atoms with Crippen LogP contribution in [0.1, 0.15) is 28.4 Å². The Labute approximate surface area is 196 Å². The molecule has 4 rings (SSSR count). The van der Waals surface area contributed by atoms with Gasteiger partial charge in [0.15, 0.2) is 23.0 Å². The van der Waals surface area contributed by atoms with Crippen molar-refractivity contribution in [3.63, 3.8) is 0 Å². The highest BCUT2D eigenvalue weighted by molar-refractivity contribution is 9.10. The average Bonchev–Trinajstić information content (AvgIpc) is 3.27. The lowest BCUT2D eigenvalue weighted by Gasteiger charge is -2.17. The number of hydrogen-bond donors (Lipinski definition) is 2. The van der Waals surface area contributed by atoms with E-state index in [1.807, 2.05) is 12.1 Å². The van der Waals surface area contributed by atoms with Crippen LogP contribution in [0.2, 0.25) is 0 Å². The normalized spacial score (nSPS) is 13.1. The fourth-order valence-corrected chi connectivity index (χ4v) is 4.06. The van der Waals surface area contributed by atoms with Gasteiger partial charge < -0.3 is 29.4 Å². The molecule has 7 heteroatoms. The molecule has 6 nitrogen and oxygen atoms in total. The minimum atomic E-state index is -0.822. The second-order valence-electron chi connectivity index (χ2n) is 7.64. The van der Waals surface area contributed by atoms with E-state index in [0.717, 1.165) is 16.6 Å². The molecule has 1 aliphatic rings. The fraction of sp³-hybridized carbons (Fsp3) is 0.280. The number of aliphatic hydroxyl groups excluding tert-OH is 1. The lowest BCUT2D eigenvalue weighted by molar-refractivity contribution is 0.105. The van der Waals surface area contributed by atoms with Gasteiger partial charge in [-0.05, 0) is 63.8 Å². The maximum atomic E-state index is 10.6. The molecule has 1 atom stereocenters. The Balaban J connectivity index is 1.37. The molecule has 1 unspecified atom stereocenters. The third-order valence-corrected chi connectivity index (χ3v) is 5.82. The van der Waals surface area contributed by atoms with E-state index in [1.54, 1.807) is 25.3 Å². The molecule has 168 valence electrons. The smallest absolute Gasteiger partial charge is 0.231 e. The van der Waals surface area contributed by atoms with Crippen LogP contribution in [-0.4, -0.2) is 25.6 Å². The molecule has 2 N–H and O–H groups in total. The zero-order chi connectivity index (χ0) is 22.5. The van der Waals surface area contributed by atoms with Gasteiger partial charge in [-0.1, -0.05) is 35.9 Å². The minimum absolute atomic E-state index is 0.0691. The standard InChI is InChI=1S/C25H26BrNO5/c1-16-3-5-17(6-4-16)12-27-13-18-9-20(26)25(24(10-18)29-2)30-14-21(28)19-7-8-22-23(11-19)32-15-31-22/h3-11,21,27-28H,12-15H2,1-2H3. The van der Waals surface area contributed by atoms with Crippen LogP contribution in [0, 0.1) is 6.92 Å². The van der Waals surface area contributed by atoms with Crippen LogP contribution in [-0.2, 0) is 13.1 Å². The van der Waals surface area contributed by atoms with E-state index < -0.39 is 6.10 Å². The first-order chi connectivity index (χ1) is 15.5. The van der Waals surface area contributed by atoms with Crippen molar-refractivity contribution in [3.8, 4) is 23.0 Å². The molecule has 3 aromatic rings. The van der Waals surface area contributed by atoms with Gasteiger partial charge >= 0.3 is 0 Å². The molecular weight excluding hydrogens is 474 g/mol. The Morgan fingerprint density at radius 2 is 1.75 bits per heavy atom. The molecule has 0 aliphatic carbocycles. The van der Waals surface area contributed by atoms with Gasteiger partial charge in [-0.15, -0.1) is 0 Å². The van der Waals surface area contributed by atoms with Gasteiger partial charge in [-0.25, -0.2) is 0 Å². The lowest BCUT2D eigenvalue weighted by atomic mass is 10.1. The van der Waals surface area contributed by atoms with E-state index in [2.05, 4.69) is 52.4 Å². The van der Waals surface area contributed by atoms with Gasteiger partial charge in [0.05, 0.1) is 11.6 Å². The van der Waals surface area contributed by atoms with Crippen molar-refractivity contribution in [2.45, 2.75) is 26.1 Å². The zero-order valence-electron chi connectivity index (χ0n) is 18.1. The van der Waals surface area contributed by atoms with Gasteiger partial charge in [0, 0.05) is 13.1 Å². The molecular formula is C25H26BrNO5. The van der Waals surface area contributed by atoms with Gasteiger partial charge in [-0.3, -0.25) is 0 Å². The van der Waals surface area contributed by atoms with E-state index in [-0.39, 0.29) is 13.4 Å². The number of methoxy groups -OCH3 is 1. The first-order valence-corrected chi connectivity index (χ1v) is 11.2. The molecule has 0 radical (unpaired) electrons. The summed E-state index contributed by atoms with van der Waals surface area (Å²) < 4.78 is 22.9. The van der Waals surface area contributed by atoms with Crippen LogP contribution in [0.15, 0.2) is 59.1 Å². The van der Waals surface area contributed by atoms with E-state index >= 15 is 0 Å². The third kappa shape index (κ3) is 5.35. The lowest BCUT2D eigenvalue weighted by Crippen LogP contribution is -2.13. The number of ether oxygens (including phenoxy) is 4. The van der Waals surface area contributed by atoms with Crippen LogP contribution in [0.4, 0.5) is 0 Å². The quantitative estimate of drug-likeness (QED) is 0.436. The van der Waals surface area contributed by atoms with E-state index in [0.29, 0.717) is 35.1 Å². The predicted octanol–water partition coefficient (Wildman–Crippen LogP) is 4.90. The summed E-state index contributed by atoms with van der Waals surface area (Å²) in [5.41, 5.74) is 4.24. The number of fused-ring (bicyclic) bond motifs is 1. The van der Waals surface area contributed by atoms with Crippen molar-refractivity contribution in [1.29, 1.82) is 0 Å². The first-order valence-electron chi connectivity index (χ1n) is 10.4. The van der Waals surface area contributed by atoms with Crippen LogP contribution in [0.25, 0.3) is 0 Å².